The molecule has 0 aliphatic carbocycles. The molecule has 1 fully saturated rings. The number of carbonyl (C=O) groups excluding carboxylic acids is 2. The van der Waals surface area contributed by atoms with Gasteiger partial charge in [0.1, 0.15) is 6.04 Å². The van der Waals surface area contributed by atoms with Crippen molar-refractivity contribution in [1.82, 2.24) is 15.5 Å². The van der Waals surface area contributed by atoms with Gasteiger partial charge >= 0.3 is 12.0 Å². The summed E-state index contributed by atoms with van der Waals surface area (Å²) in [7, 11) is 0. The Labute approximate surface area is 98.1 Å². The van der Waals surface area contributed by atoms with E-state index in [-0.39, 0.29) is 13.1 Å². The van der Waals surface area contributed by atoms with Gasteiger partial charge in [-0.2, -0.15) is 0 Å². The smallest absolute Gasteiger partial charge is 0.318 e. The third-order valence-electron chi connectivity index (χ3n) is 2.38. The van der Waals surface area contributed by atoms with E-state index in [9.17, 15) is 14.4 Å². The van der Waals surface area contributed by atoms with Crippen molar-refractivity contribution in [3.8, 4) is 0 Å². The zero-order valence-electron chi connectivity index (χ0n) is 9.31. The van der Waals surface area contributed by atoms with Crippen LogP contribution in [0.5, 0.6) is 0 Å². The van der Waals surface area contributed by atoms with Crippen molar-refractivity contribution in [2.75, 3.05) is 26.2 Å². The Hall–Kier alpha value is -1.83. The number of rotatable bonds is 4. The molecule has 0 aromatic rings. The largest absolute Gasteiger partial charge is 0.481 e. The number of carboxylic acids is 1. The van der Waals surface area contributed by atoms with E-state index in [1.54, 1.807) is 0 Å². The first-order valence-electron chi connectivity index (χ1n) is 5.30. The topological polar surface area (TPSA) is 125 Å². The molecule has 1 atom stereocenters. The van der Waals surface area contributed by atoms with Gasteiger partial charge in [-0.3, -0.25) is 9.59 Å². The molecule has 1 aliphatic heterocycles. The van der Waals surface area contributed by atoms with Crippen molar-refractivity contribution in [2.45, 2.75) is 12.5 Å². The third kappa shape index (κ3) is 3.59. The number of nitrogens with zero attached hydrogens (tertiary/aromatic N) is 1. The van der Waals surface area contributed by atoms with Crippen molar-refractivity contribution >= 4 is 17.9 Å². The van der Waals surface area contributed by atoms with E-state index >= 15 is 0 Å². The van der Waals surface area contributed by atoms with Crippen molar-refractivity contribution in [3.05, 3.63) is 0 Å². The number of carboxylic acid groups (broad SMARTS) is 1. The summed E-state index contributed by atoms with van der Waals surface area (Å²) >= 11 is 0. The summed E-state index contributed by atoms with van der Waals surface area (Å²) < 4.78 is 0. The fraction of sp³-hybridized carbons (Fsp3) is 0.667. The number of piperazine rings is 1. The minimum absolute atomic E-state index is 0.287. The summed E-state index contributed by atoms with van der Waals surface area (Å²) in [4.78, 5) is 35.0. The Morgan fingerprint density at radius 3 is 2.88 bits per heavy atom. The Kier molecular flexibility index (Phi) is 4.70. The van der Waals surface area contributed by atoms with Gasteiger partial charge in [-0.15, -0.1) is 0 Å². The molecule has 8 heteroatoms. The van der Waals surface area contributed by atoms with Crippen molar-refractivity contribution in [2.24, 2.45) is 5.73 Å². The molecule has 17 heavy (non-hydrogen) atoms. The minimum Gasteiger partial charge on any atom is -0.481 e. The summed E-state index contributed by atoms with van der Waals surface area (Å²) in [6, 6.07) is -1.42. The maximum Gasteiger partial charge on any atom is 0.318 e. The second-order valence-electron chi connectivity index (χ2n) is 3.62. The Morgan fingerprint density at radius 1 is 1.59 bits per heavy atom. The number of nitrogens with two attached hydrogens (primary N) is 1. The van der Waals surface area contributed by atoms with Gasteiger partial charge in [0.05, 0.1) is 6.42 Å². The van der Waals surface area contributed by atoms with Gasteiger partial charge in [-0.25, -0.2) is 4.79 Å². The molecule has 1 saturated heterocycles. The average Bonchev–Trinajstić information content (AvgIpc) is 2.28. The van der Waals surface area contributed by atoms with Gasteiger partial charge in [0.15, 0.2) is 0 Å². The van der Waals surface area contributed by atoms with E-state index < -0.39 is 30.4 Å². The highest BCUT2D eigenvalue weighted by Crippen LogP contribution is 2.09. The quantitative estimate of drug-likeness (QED) is 0.452. The lowest BCUT2D eigenvalue weighted by molar-refractivity contribution is -0.142. The van der Waals surface area contributed by atoms with Crippen LogP contribution in [0.1, 0.15) is 6.42 Å². The maximum absolute atomic E-state index is 11.7. The predicted octanol–water partition coefficient (Wildman–Crippen LogP) is -2.07. The summed E-state index contributed by atoms with van der Waals surface area (Å²) in [6.07, 6.45) is -0.401. The molecule has 1 unspecified atom stereocenters. The molecule has 3 amide bonds. The van der Waals surface area contributed by atoms with E-state index in [0.717, 1.165) is 0 Å². The van der Waals surface area contributed by atoms with E-state index in [1.807, 2.05) is 0 Å². The SMILES string of the molecule is NCCNC(=O)N1CCNC(=O)C1CC(=O)O. The average molecular weight is 244 g/mol. The summed E-state index contributed by atoms with van der Waals surface area (Å²) in [6.45, 7) is 1.19. The Morgan fingerprint density at radius 2 is 2.29 bits per heavy atom. The highest BCUT2D eigenvalue weighted by molar-refractivity contribution is 5.91. The fourth-order valence-electron chi connectivity index (χ4n) is 1.61. The lowest BCUT2D eigenvalue weighted by Crippen LogP contribution is -2.60. The molecule has 1 aliphatic rings. The van der Waals surface area contributed by atoms with Crippen molar-refractivity contribution in [1.29, 1.82) is 0 Å². The van der Waals surface area contributed by atoms with Crippen LogP contribution in [0.4, 0.5) is 4.79 Å². The fourth-order valence-corrected chi connectivity index (χ4v) is 1.61. The van der Waals surface area contributed by atoms with E-state index in [2.05, 4.69) is 10.6 Å². The van der Waals surface area contributed by atoms with Crippen LogP contribution in [0.2, 0.25) is 0 Å². The molecule has 0 saturated carbocycles. The van der Waals surface area contributed by atoms with Crippen LogP contribution in [-0.4, -0.2) is 60.1 Å². The lowest BCUT2D eigenvalue weighted by Gasteiger charge is -2.34. The predicted molar refractivity (Wildman–Crippen MR) is 58.2 cm³/mol. The molecule has 0 bridgehead atoms. The van der Waals surface area contributed by atoms with Gasteiger partial charge < -0.3 is 26.4 Å². The molecular formula is C9H16N4O4. The zero-order chi connectivity index (χ0) is 12.8. The van der Waals surface area contributed by atoms with Crippen LogP contribution < -0.4 is 16.4 Å². The van der Waals surface area contributed by atoms with Gasteiger partial charge in [0.25, 0.3) is 0 Å². The van der Waals surface area contributed by atoms with Gasteiger partial charge in [-0.1, -0.05) is 0 Å². The first kappa shape index (κ1) is 13.2. The number of hydrogen-bond acceptors (Lipinski definition) is 4. The molecule has 5 N–H and O–H groups in total. The van der Waals surface area contributed by atoms with Crippen molar-refractivity contribution < 1.29 is 19.5 Å². The summed E-state index contributed by atoms with van der Waals surface area (Å²) in [5, 5.41) is 13.7. The zero-order valence-corrected chi connectivity index (χ0v) is 9.31. The molecule has 0 spiro atoms. The van der Waals surface area contributed by atoms with Crippen LogP contribution in [-0.2, 0) is 9.59 Å². The maximum atomic E-state index is 11.7. The Bertz CT molecular complexity index is 320. The first-order valence-corrected chi connectivity index (χ1v) is 5.30. The number of amides is 3. The minimum atomic E-state index is -1.12. The second-order valence-corrected chi connectivity index (χ2v) is 3.62. The molecular weight excluding hydrogens is 228 g/mol. The second kappa shape index (κ2) is 6.04. The van der Waals surface area contributed by atoms with Crippen LogP contribution in [0, 0.1) is 0 Å². The van der Waals surface area contributed by atoms with E-state index in [4.69, 9.17) is 10.8 Å². The highest BCUT2D eigenvalue weighted by Gasteiger charge is 2.34. The third-order valence-corrected chi connectivity index (χ3v) is 2.38. The molecule has 0 radical (unpaired) electrons. The number of urea groups is 1. The van der Waals surface area contributed by atoms with E-state index in [0.29, 0.717) is 13.1 Å². The van der Waals surface area contributed by atoms with Crippen LogP contribution in [0.25, 0.3) is 0 Å². The van der Waals surface area contributed by atoms with Crippen LogP contribution >= 0.6 is 0 Å². The summed E-state index contributed by atoms with van der Waals surface area (Å²) in [5.41, 5.74) is 5.24. The molecule has 96 valence electrons. The van der Waals surface area contributed by atoms with Crippen molar-refractivity contribution in [3.63, 3.8) is 0 Å². The lowest BCUT2D eigenvalue weighted by atomic mass is 10.1. The normalized spacial score (nSPS) is 19.7. The molecule has 0 aromatic heterocycles. The van der Waals surface area contributed by atoms with Gasteiger partial charge in [-0.05, 0) is 0 Å². The number of aliphatic carboxylic acids is 1. The molecule has 1 rings (SSSR count). The first-order chi connectivity index (χ1) is 8.06. The standard InChI is InChI=1S/C9H16N4O4/c10-1-2-12-9(17)13-4-3-11-8(16)6(13)5-7(14)15/h6H,1-5,10H2,(H,11,16)(H,12,17)(H,14,15). The number of carbonyl (C=O) groups is 3. The van der Waals surface area contributed by atoms with Crippen LogP contribution in [0.3, 0.4) is 0 Å². The highest BCUT2D eigenvalue weighted by atomic mass is 16.4. The molecule has 0 aromatic carbocycles. The van der Waals surface area contributed by atoms with Gasteiger partial charge in [0, 0.05) is 26.2 Å². The van der Waals surface area contributed by atoms with Crippen LogP contribution in [0.15, 0.2) is 0 Å². The summed E-state index contributed by atoms with van der Waals surface area (Å²) in [5.74, 6) is -1.56. The molecule has 8 nitrogen and oxygen atoms in total. The van der Waals surface area contributed by atoms with Gasteiger partial charge in [0.2, 0.25) is 5.91 Å². The number of nitrogens with one attached hydrogen (secondary N) is 2. The van der Waals surface area contributed by atoms with E-state index in [1.165, 1.54) is 4.90 Å². The monoisotopic (exact) mass is 244 g/mol. The number of hydrogen-bond donors (Lipinski definition) is 4. The Balaban J connectivity index is 2.67. The molecule has 1 heterocycles.